The molecule has 1 unspecified atom stereocenters. The number of thioether (sulfide) groups is 1. The first kappa shape index (κ1) is 12.5. The summed E-state index contributed by atoms with van der Waals surface area (Å²) < 4.78 is 5.49. The first-order valence-corrected chi connectivity index (χ1v) is 7.72. The molecule has 0 bridgehead atoms. The second-order valence-electron chi connectivity index (χ2n) is 5.57. The highest BCUT2D eigenvalue weighted by atomic mass is 32.2. The topological polar surface area (TPSA) is 35.2 Å². The summed E-state index contributed by atoms with van der Waals surface area (Å²) in [5, 5.41) is 0.712. The van der Waals surface area contributed by atoms with Crippen LogP contribution in [-0.4, -0.2) is 25.0 Å². The van der Waals surface area contributed by atoms with Crippen LogP contribution in [0.1, 0.15) is 24.8 Å². The molecule has 1 fully saturated rings. The molecule has 0 radical (unpaired) electrons. The van der Waals surface area contributed by atoms with Crippen LogP contribution < -0.4 is 5.73 Å². The molecule has 98 valence electrons. The molecular formula is C15H21NOS. The van der Waals surface area contributed by atoms with E-state index in [1.54, 1.807) is 0 Å². The molecular weight excluding hydrogens is 242 g/mol. The van der Waals surface area contributed by atoms with Crippen LogP contribution in [0.4, 0.5) is 0 Å². The molecule has 0 aliphatic carbocycles. The molecule has 1 atom stereocenters. The number of ether oxygens (including phenoxy) is 1. The van der Waals surface area contributed by atoms with Crippen molar-refractivity contribution in [3.05, 3.63) is 29.8 Å². The van der Waals surface area contributed by atoms with Crippen LogP contribution in [0.5, 0.6) is 0 Å². The van der Waals surface area contributed by atoms with Crippen molar-refractivity contribution >= 4 is 11.8 Å². The van der Waals surface area contributed by atoms with Gasteiger partial charge in [-0.25, -0.2) is 0 Å². The van der Waals surface area contributed by atoms with E-state index in [1.165, 1.54) is 23.3 Å². The number of hydrogen-bond donors (Lipinski definition) is 1. The quantitative estimate of drug-likeness (QED) is 0.911. The highest BCUT2D eigenvalue weighted by Crippen LogP contribution is 2.44. The molecule has 2 aliphatic heterocycles. The van der Waals surface area contributed by atoms with Crippen molar-refractivity contribution < 1.29 is 4.74 Å². The fourth-order valence-electron chi connectivity index (χ4n) is 3.15. The van der Waals surface area contributed by atoms with E-state index in [9.17, 15) is 0 Å². The van der Waals surface area contributed by atoms with Crippen LogP contribution in [0.3, 0.4) is 0 Å². The first-order chi connectivity index (χ1) is 8.81. The van der Waals surface area contributed by atoms with E-state index < -0.39 is 0 Å². The minimum absolute atomic E-state index is 0.331. The van der Waals surface area contributed by atoms with Crippen LogP contribution in [0.15, 0.2) is 29.2 Å². The van der Waals surface area contributed by atoms with Crippen molar-refractivity contribution in [2.45, 2.75) is 35.8 Å². The fraction of sp³-hybridized carbons (Fsp3) is 0.600. The van der Waals surface area contributed by atoms with E-state index in [2.05, 4.69) is 24.3 Å². The molecule has 0 saturated carbocycles. The molecule has 0 spiro atoms. The Morgan fingerprint density at radius 2 is 2.06 bits per heavy atom. The maximum Gasteiger partial charge on any atom is 0.0471 e. The average molecular weight is 263 g/mol. The van der Waals surface area contributed by atoms with Gasteiger partial charge in [-0.1, -0.05) is 18.2 Å². The molecule has 1 aromatic rings. The summed E-state index contributed by atoms with van der Waals surface area (Å²) in [6, 6.07) is 8.80. The number of hydrogen-bond acceptors (Lipinski definition) is 3. The molecule has 2 aliphatic rings. The Hall–Kier alpha value is -0.510. The zero-order valence-electron chi connectivity index (χ0n) is 10.7. The van der Waals surface area contributed by atoms with Crippen molar-refractivity contribution in [2.75, 3.05) is 19.8 Å². The van der Waals surface area contributed by atoms with Gasteiger partial charge in [0.1, 0.15) is 0 Å². The zero-order chi connectivity index (χ0) is 12.4. The largest absolute Gasteiger partial charge is 0.381 e. The van der Waals surface area contributed by atoms with Gasteiger partial charge in [-0.2, -0.15) is 0 Å². The van der Waals surface area contributed by atoms with E-state index in [0.717, 1.165) is 32.6 Å². The molecule has 1 aromatic carbocycles. The third-order valence-electron chi connectivity index (χ3n) is 4.36. The lowest BCUT2D eigenvalue weighted by molar-refractivity contribution is 0.0147. The average Bonchev–Trinajstić information content (AvgIpc) is 2.81. The molecule has 3 rings (SSSR count). The van der Waals surface area contributed by atoms with E-state index in [0.29, 0.717) is 10.7 Å². The number of rotatable bonds is 3. The zero-order valence-corrected chi connectivity index (χ0v) is 11.5. The smallest absolute Gasteiger partial charge is 0.0471 e. The lowest BCUT2D eigenvalue weighted by Gasteiger charge is -2.37. The van der Waals surface area contributed by atoms with Crippen molar-refractivity contribution in [3.63, 3.8) is 0 Å². The third-order valence-corrected chi connectivity index (χ3v) is 5.68. The van der Waals surface area contributed by atoms with Crippen LogP contribution >= 0.6 is 11.8 Å². The van der Waals surface area contributed by atoms with Gasteiger partial charge in [0.2, 0.25) is 0 Å². The maximum absolute atomic E-state index is 6.06. The predicted molar refractivity (Wildman–Crippen MR) is 75.9 cm³/mol. The van der Waals surface area contributed by atoms with Gasteiger partial charge in [-0.3, -0.25) is 0 Å². The van der Waals surface area contributed by atoms with E-state index in [1.807, 2.05) is 11.8 Å². The summed E-state index contributed by atoms with van der Waals surface area (Å²) in [5.41, 5.74) is 7.91. The molecule has 2 nitrogen and oxygen atoms in total. The fourth-order valence-corrected chi connectivity index (χ4v) is 4.67. The maximum atomic E-state index is 6.06. The lowest BCUT2D eigenvalue weighted by atomic mass is 9.76. The summed E-state index contributed by atoms with van der Waals surface area (Å²) in [5.74, 6) is 0. The summed E-state index contributed by atoms with van der Waals surface area (Å²) in [7, 11) is 0. The Bertz CT molecular complexity index is 390. The van der Waals surface area contributed by atoms with Gasteiger partial charge < -0.3 is 10.5 Å². The lowest BCUT2D eigenvalue weighted by Crippen LogP contribution is -2.38. The Kier molecular flexibility index (Phi) is 3.64. The molecule has 0 amide bonds. The number of nitrogens with two attached hydrogens (primary N) is 1. The van der Waals surface area contributed by atoms with Crippen molar-refractivity contribution in [3.8, 4) is 0 Å². The van der Waals surface area contributed by atoms with Crippen molar-refractivity contribution in [2.24, 2.45) is 11.1 Å². The first-order valence-electron chi connectivity index (χ1n) is 6.84. The van der Waals surface area contributed by atoms with Crippen LogP contribution in [-0.2, 0) is 11.2 Å². The standard InChI is InChI=1S/C15H21NOS/c16-11-15(5-7-17-8-6-15)10-13-9-12-3-1-2-4-14(12)18-13/h1-4,13H,5-11,16H2. The normalized spacial score (nSPS) is 25.9. The molecule has 3 heteroatoms. The predicted octanol–water partition coefficient (Wildman–Crippen LogP) is 2.85. The van der Waals surface area contributed by atoms with Gasteiger partial charge >= 0.3 is 0 Å². The second-order valence-corrected chi connectivity index (χ2v) is 6.91. The van der Waals surface area contributed by atoms with Gasteiger partial charge in [-0.05, 0) is 49.3 Å². The minimum Gasteiger partial charge on any atom is -0.381 e. The Labute approximate surface area is 113 Å². The van der Waals surface area contributed by atoms with Crippen LogP contribution in [0.2, 0.25) is 0 Å². The monoisotopic (exact) mass is 263 g/mol. The molecule has 0 aromatic heterocycles. The van der Waals surface area contributed by atoms with Gasteiger partial charge in [0, 0.05) is 23.4 Å². The summed E-state index contributed by atoms with van der Waals surface area (Å²) >= 11 is 2.05. The van der Waals surface area contributed by atoms with Gasteiger partial charge in [0.05, 0.1) is 0 Å². The van der Waals surface area contributed by atoms with Gasteiger partial charge in [0.15, 0.2) is 0 Å². The Balaban J connectivity index is 1.67. The third kappa shape index (κ3) is 2.44. The molecule has 18 heavy (non-hydrogen) atoms. The van der Waals surface area contributed by atoms with E-state index in [4.69, 9.17) is 10.5 Å². The Morgan fingerprint density at radius 1 is 1.28 bits per heavy atom. The van der Waals surface area contributed by atoms with E-state index >= 15 is 0 Å². The van der Waals surface area contributed by atoms with Crippen LogP contribution in [0, 0.1) is 5.41 Å². The van der Waals surface area contributed by atoms with Gasteiger partial charge in [-0.15, -0.1) is 11.8 Å². The highest BCUT2D eigenvalue weighted by molar-refractivity contribution is 8.00. The second kappa shape index (κ2) is 5.24. The number of fused-ring (bicyclic) bond motifs is 1. The SMILES string of the molecule is NCC1(CC2Cc3ccccc3S2)CCOCC1. The minimum atomic E-state index is 0.331. The summed E-state index contributed by atoms with van der Waals surface area (Å²) in [6.07, 6.45) is 4.73. The highest BCUT2D eigenvalue weighted by Gasteiger charge is 2.36. The van der Waals surface area contributed by atoms with Crippen LogP contribution in [0.25, 0.3) is 0 Å². The molecule has 2 N–H and O–H groups in total. The number of benzene rings is 1. The van der Waals surface area contributed by atoms with E-state index in [-0.39, 0.29) is 0 Å². The molecule has 2 heterocycles. The summed E-state index contributed by atoms with van der Waals surface area (Å²) in [4.78, 5) is 1.47. The van der Waals surface area contributed by atoms with Crippen molar-refractivity contribution in [1.82, 2.24) is 0 Å². The van der Waals surface area contributed by atoms with Gasteiger partial charge in [0.25, 0.3) is 0 Å². The summed E-state index contributed by atoms with van der Waals surface area (Å²) in [6.45, 7) is 2.59. The van der Waals surface area contributed by atoms with Crippen molar-refractivity contribution in [1.29, 1.82) is 0 Å². The molecule has 1 saturated heterocycles. The Morgan fingerprint density at radius 3 is 2.78 bits per heavy atom.